The van der Waals surface area contributed by atoms with Crippen LogP contribution in [0.5, 0.6) is 0 Å². The van der Waals surface area contributed by atoms with Crippen molar-refractivity contribution in [2.24, 2.45) is 0 Å². The number of hydrogen-bond acceptors (Lipinski definition) is 3. The molecular weight excluding hydrogens is 318 g/mol. The molecule has 108 valence electrons. The van der Waals surface area contributed by atoms with E-state index >= 15 is 0 Å². The molecule has 3 nitrogen and oxygen atoms in total. The zero-order valence-corrected chi connectivity index (χ0v) is 13.4. The maximum absolute atomic E-state index is 5.64. The summed E-state index contributed by atoms with van der Waals surface area (Å²) in [7, 11) is 0. The summed E-state index contributed by atoms with van der Waals surface area (Å²) in [5.74, 6) is 0.846. The van der Waals surface area contributed by atoms with Gasteiger partial charge in [0.25, 0.3) is 0 Å². The number of halogens is 1. The first-order valence-corrected chi connectivity index (χ1v) is 7.55. The van der Waals surface area contributed by atoms with Gasteiger partial charge in [-0.2, -0.15) is 0 Å². The SMILES string of the molecule is CC(C)NCc1ccc(COCc2ccco2)c(Br)c1. The Kier molecular flexibility index (Phi) is 5.83. The predicted octanol–water partition coefficient (Wildman–Crippen LogP) is 4.26. The minimum Gasteiger partial charge on any atom is -0.467 e. The minimum absolute atomic E-state index is 0.491. The van der Waals surface area contributed by atoms with E-state index in [4.69, 9.17) is 9.15 Å². The van der Waals surface area contributed by atoms with Crippen LogP contribution in [-0.2, 0) is 24.5 Å². The molecule has 0 aliphatic rings. The van der Waals surface area contributed by atoms with E-state index in [9.17, 15) is 0 Å². The molecule has 2 rings (SSSR count). The van der Waals surface area contributed by atoms with Crippen LogP contribution in [0.4, 0.5) is 0 Å². The molecule has 0 aliphatic heterocycles. The van der Waals surface area contributed by atoms with Crippen LogP contribution in [0.2, 0.25) is 0 Å². The lowest BCUT2D eigenvalue weighted by molar-refractivity contribution is 0.0925. The van der Waals surface area contributed by atoms with E-state index in [2.05, 4.69) is 53.3 Å². The van der Waals surface area contributed by atoms with Gasteiger partial charge in [0.1, 0.15) is 12.4 Å². The van der Waals surface area contributed by atoms with Crippen molar-refractivity contribution in [2.75, 3.05) is 0 Å². The van der Waals surface area contributed by atoms with Gasteiger partial charge in [0.05, 0.1) is 12.9 Å². The third-order valence-electron chi connectivity index (χ3n) is 2.91. The van der Waals surface area contributed by atoms with Gasteiger partial charge < -0.3 is 14.5 Å². The smallest absolute Gasteiger partial charge is 0.129 e. The fourth-order valence-electron chi connectivity index (χ4n) is 1.80. The lowest BCUT2D eigenvalue weighted by Crippen LogP contribution is -2.21. The Morgan fingerprint density at radius 1 is 1.25 bits per heavy atom. The van der Waals surface area contributed by atoms with Crippen molar-refractivity contribution in [1.29, 1.82) is 0 Å². The first-order chi connectivity index (χ1) is 9.65. The van der Waals surface area contributed by atoms with E-state index in [-0.39, 0.29) is 0 Å². The molecule has 1 N–H and O–H groups in total. The molecule has 20 heavy (non-hydrogen) atoms. The highest BCUT2D eigenvalue weighted by atomic mass is 79.9. The molecule has 1 aromatic heterocycles. The average molecular weight is 338 g/mol. The number of hydrogen-bond donors (Lipinski definition) is 1. The van der Waals surface area contributed by atoms with Crippen LogP contribution in [0.3, 0.4) is 0 Å². The summed E-state index contributed by atoms with van der Waals surface area (Å²) in [6, 6.07) is 10.6. The Balaban J connectivity index is 1.85. The van der Waals surface area contributed by atoms with Gasteiger partial charge >= 0.3 is 0 Å². The van der Waals surface area contributed by atoms with Crippen LogP contribution < -0.4 is 5.32 Å². The maximum Gasteiger partial charge on any atom is 0.129 e. The number of ether oxygens (including phenoxy) is 1. The largest absolute Gasteiger partial charge is 0.467 e. The fraction of sp³-hybridized carbons (Fsp3) is 0.375. The number of furan rings is 1. The van der Waals surface area contributed by atoms with Crippen molar-refractivity contribution in [3.05, 3.63) is 58.0 Å². The van der Waals surface area contributed by atoms with Gasteiger partial charge in [-0.25, -0.2) is 0 Å². The molecular formula is C16H20BrNO2. The number of nitrogens with one attached hydrogen (secondary N) is 1. The normalized spacial score (nSPS) is 11.2. The highest BCUT2D eigenvalue weighted by Crippen LogP contribution is 2.20. The van der Waals surface area contributed by atoms with E-state index in [0.29, 0.717) is 19.3 Å². The molecule has 0 saturated carbocycles. The lowest BCUT2D eigenvalue weighted by atomic mass is 10.1. The molecule has 0 atom stereocenters. The van der Waals surface area contributed by atoms with E-state index in [1.807, 2.05) is 12.1 Å². The van der Waals surface area contributed by atoms with Crippen LogP contribution in [0.15, 0.2) is 45.5 Å². The summed E-state index contributed by atoms with van der Waals surface area (Å²) in [6.45, 7) is 6.23. The van der Waals surface area contributed by atoms with Gasteiger partial charge in [-0.1, -0.05) is 41.9 Å². The molecule has 0 bridgehead atoms. The highest BCUT2D eigenvalue weighted by molar-refractivity contribution is 9.10. The molecule has 0 spiro atoms. The molecule has 0 unspecified atom stereocenters. The molecule has 0 radical (unpaired) electrons. The second-order valence-corrected chi connectivity index (χ2v) is 5.89. The molecule has 2 aromatic rings. The predicted molar refractivity (Wildman–Crippen MR) is 83.3 cm³/mol. The summed E-state index contributed by atoms with van der Waals surface area (Å²) < 4.78 is 12.0. The molecule has 0 fully saturated rings. The van der Waals surface area contributed by atoms with Crippen molar-refractivity contribution in [3.8, 4) is 0 Å². The van der Waals surface area contributed by atoms with Gasteiger partial charge in [0.2, 0.25) is 0 Å². The topological polar surface area (TPSA) is 34.4 Å². The molecule has 0 amide bonds. The van der Waals surface area contributed by atoms with Crippen LogP contribution >= 0.6 is 15.9 Å². The fourth-order valence-corrected chi connectivity index (χ4v) is 2.34. The molecule has 0 aliphatic carbocycles. The van der Waals surface area contributed by atoms with Gasteiger partial charge in [0, 0.05) is 17.1 Å². The summed E-state index contributed by atoms with van der Waals surface area (Å²) >= 11 is 3.60. The molecule has 1 heterocycles. The minimum atomic E-state index is 0.491. The first-order valence-electron chi connectivity index (χ1n) is 6.76. The van der Waals surface area contributed by atoms with Crippen LogP contribution in [0, 0.1) is 0 Å². The summed E-state index contributed by atoms with van der Waals surface area (Å²) in [4.78, 5) is 0. The zero-order valence-electron chi connectivity index (χ0n) is 11.9. The zero-order chi connectivity index (χ0) is 14.4. The maximum atomic E-state index is 5.64. The van der Waals surface area contributed by atoms with E-state index < -0.39 is 0 Å². The Morgan fingerprint density at radius 3 is 2.75 bits per heavy atom. The Hall–Kier alpha value is -1.10. The summed E-state index contributed by atoms with van der Waals surface area (Å²) in [5, 5.41) is 3.41. The third kappa shape index (κ3) is 4.78. The second-order valence-electron chi connectivity index (χ2n) is 5.03. The Morgan fingerprint density at radius 2 is 2.10 bits per heavy atom. The van der Waals surface area contributed by atoms with Crippen molar-refractivity contribution >= 4 is 15.9 Å². The van der Waals surface area contributed by atoms with Crippen LogP contribution in [-0.4, -0.2) is 6.04 Å². The van der Waals surface area contributed by atoms with Crippen molar-refractivity contribution in [3.63, 3.8) is 0 Å². The van der Waals surface area contributed by atoms with Gasteiger partial charge in [-0.05, 0) is 29.3 Å². The van der Waals surface area contributed by atoms with Crippen molar-refractivity contribution < 1.29 is 9.15 Å². The van der Waals surface area contributed by atoms with E-state index in [1.165, 1.54) is 5.56 Å². The summed E-state index contributed by atoms with van der Waals surface area (Å²) in [6.07, 6.45) is 1.66. The quantitative estimate of drug-likeness (QED) is 0.819. The first kappa shape index (κ1) is 15.3. The Labute approximate surface area is 128 Å². The Bertz CT molecular complexity index is 523. The average Bonchev–Trinajstić information content (AvgIpc) is 2.92. The van der Waals surface area contributed by atoms with Crippen LogP contribution in [0.25, 0.3) is 0 Å². The highest BCUT2D eigenvalue weighted by Gasteiger charge is 2.04. The van der Waals surface area contributed by atoms with Crippen molar-refractivity contribution in [1.82, 2.24) is 5.32 Å². The van der Waals surface area contributed by atoms with Crippen LogP contribution in [0.1, 0.15) is 30.7 Å². The van der Waals surface area contributed by atoms with Gasteiger partial charge in [-0.15, -0.1) is 0 Å². The molecule has 4 heteroatoms. The summed E-state index contributed by atoms with van der Waals surface area (Å²) in [5.41, 5.74) is 2.41. The monoisotopic (exact) mass is 337 g/mol. The second kappa shape index (κ2) is 7.62. The number of benzene rings is 1. The molecule has 1 aromatic carbocycles. The number of rotatable bonds is 7. The van der Waals surface area contributed by atoms with Gasteiger partial charge in [0.15, 0.2) is 0 Å². The van der Waals surface area contributed by atoms with Crippen molar-refractivity contribution in [2.45, 2.75) is 39.6 Å². The van der Waals surface area contributed by atoms with E-state index in [0.717, 1.165) is 22.3 Å². The van der Waals surface area contributed by atoms with Gasteiger partial charge in [-0.3, -0.25) is 0 Å². The third-order valence-corrected chi connectivity index (χ3v) is 3.65. The van der Waals surface area contributed by atoms with E-state index in [1.54, 1.807) is 6.26 Å². The molecule has 0 saturated heterocycles. The standard InChI is InChI=1S/C16H20BrNO2/c1-12(2)18-9-13-5-6-14(16(17)8-13)10-19-11-15-4-3-7-20-15/h3-8,12,18H,9-11H2,1-2H3. The lowest BCUT2D eigenvalue weighted by Gasteiger charge is -2.10.